The second-order valence-corrected chi connectivity index (χ2v) is 13.3. The first kappa shape index (κ1) is 33.7. The molecule has 4 atom stereocenters. The molecule has 3 N–H and O–H groups in total. The van der Waals surface area contributed by atoms with E-state index in [2.05, 4.69) is 29.5 Å². The van der Waals surface area contributed by atoms with E-state index in [4.69, 9.17) is 9.47 Å². The van der Waals surface area contributed by atoms with Crippen molar-refractivity contribution < 1.29 is 24.2 Å². The highest BCUT2D eigenvalue weighted by Gasteiger charge is 2.31. The quantitative estimate of drug-likeness (QED) is 0.259. The number of urea groups is 1. The third kappa shape index (κ3) is 8.99. The molecule has 3 aromatic carbocycles. The van der Waals surface area contributed by atoms with Crippen molar-refractivity contribution in [3.63, 3.8) is 0 Å². The third-order valence-corrected chi connectivity index (χ3v) is 9.11. The molecule has 1 saturated carbocycles. The monoisotopic (exact) mass is 630 g/mol. The summed E-state index contributed by atoms with van der Waals surface area (Å²) in [5, 5.41) is 18.0. The minimum Gasteiger partial charge on any atom is -0.490 e. The Morgan fingerprint density at radius 1 is 1.02 bits per heavy atom. The first-order chi connectivity index (χ1) is 22.2. The highest BCUT2D eigenvalue weighted by atomic mass is 16.5. The van der Waals surface area contributed by atoms with Crippen LogP contribution in [0.15, 0.2) is 60.7 Å². The SMILES string of the molecule is C[C@H](CO)N1C[C@H](C)[C@H](CN(C)CC2CC2)OCCCC[C@H](C)Oc2ccc(NC(=O)Nc3cccc4ccccc34)cc2C1=O. The minimum atomic E-state index is -0.427. The van der Waals surface area contributed by atoms with E-state index in [1.54, 1.807) is 23.1 Å². The molecule has 0 bridgehead atoms. The normalized spacial score (nSPS) is 22.1. The molecule has 0 aromatic heterocycles. The van der Waals surface area contributed by atoms with E-state index >= 15 is 0 Å². The predicted molar refractivity (Wildman–Crippen MR) is 184 cm³/mol. The minimum absolute atomic E-state index is 0.0265. The van der Waals surface area contributed by atoms with Crippen LogP contribution in [-0.4, -0.2) is 85.0 Å². The summed E-state index contributed by atoms with van der Waals surface area (Å²) < 4.78 is 12.8. The molecule has 3 aromatic rings. The molecule has 1 aliphatic heterocycles. The van der Waals surface area contributed by atoms with Crippen LogP contribution in [0, 0.1) is 11.8 Å². The number of aliphatic hydroxyl groups is 1. The van der Waals surface area contributed by atoms with Gasteiger partial charge in [0.15, 0.2) is 0 Å². The van der Waals surface area contributed by atoms with Gasteiger partial charge in [-0.3, -0.25) is 4.79 Å². The molecule has 46 heavy (non-hydrogen) atoms. The number of likely N-dealkylation sites (N-methyl/N-ethyl adjacent to an activating group) is 1. The molecule has 0 unspecified atom stereocenters. The number of carbonyl (C=O) groups is 2. The Balaban J connectivity index is 1.39. The van der Waals surface area contributed by atoms with Crippen LogP contribution >= 0.6 is 0 Å². The Hall–Kier alpha value is -3.66. The summed E-state index contributed by atoms with van der Waals surface area (Å²) in [7, 11) is 2.15. The smallest absolute Gasteiger partial charge is 0.323 e. The molecule has 5 rings (SSSR count). The predicted octanol–water partition coefficient (Wildman–Crippen LogP) is 6.62. The zero-order chi connectivity index (χ0) is 32.6. The molecule has 9 nitrogen and oxygen atoms in total. The lowest BCUT2D eigenvalue weighted by molar-refractivity contribution is -0.0172. The summed E-state index contributed by atoms with van der Waals surface area (Å²) >= 11 is 0. The van der Waals surface area contributed by atoms with Crippen molar-refractivity contribution in [2.45, 2.75) is 71.1 Å². The first-order valence-electron chi connectivity index (χ1n) is 16.8. The molecule has 1 fully saturated rings. The topological polar surface area (TPSA) is 103 Å². The van der Waals surface area contributed by atoms with Crippen molar-refractivity contribution in [2.75, 3.05) is 50.5 Å². The van der Waals surface area contributed by atoms with Gasteiger partial charge in [0.2, 0.25) is 0 Å². The summed E-state index contributed by atoms with van der Waals surface area (Å²) in [6, 6.07) is 18.0. The van der Waals surface area contributed by atoms with Crippen LogP contribution in [0.3, 0.4) is 0 Å². The van der Waals surface area contributed by atoms with Gasteiger partial charge >= 0.3 is 6.03 Å². The molecule has 0 spiro atoms. The molecule has 9 heteroatoms. The number of anilines is 2. The number of rotatable bonds is 8. The van der Waals surface area contributed by atoms with Crippen molar-refractivity contribution in [2.24, 2.45) is 11.8 Å². The van der Waals surface area contributed by atoms with E-state index in [0.29, 0.717) is 35.8 Å². The zero-order valence-electron chi connectivity index (χ0n) is 27.7. The van der Waals surface area contributed by atoms with Crippen molar-refractivity contribution in [3.8, 4) is 5.75 Å². The molecule has 1 heterocycles. The number of benzene rings is 3. The van der Waals surface area contributed by atoms with E-state index in [0.717, 1.165) is 49.0 Å². The fraction of sp³-hybridized carbons (Fsp3) is 0.514. The highest BCUT2D eigenvalue weighted by molar-refractivity contribution is 6.07. The van der Waals surface area contributed by atoms with Gasteiger partial charge in [-0.2, -0.15) is 0 Å². The van der Waals surface area contributed by atoms with Crippen LogP contribution < -0.4 is 15.4 Å². The second kappa shape index (κ2) is 15.8. The Bertz CT molecular complexity index is 1470. The van der Waals surface area contributed by atoms with Gasteiger partial charge in [-0.15, -0.1) is 0 Å². The van der Waals surface area contributed by atoms with E-state index in [1.807, 2.05) is 56.3 Å². The fourth-order valence-electron chi connectivity index (χ4n) is 6.20. The van der Waals surface area contributed by atoms with Crippen molar-refractivity contribution in [1.29, 1.82) is 0 Å². The van der Waals surface area contributed by atoms with Crippen molar-refractivity contribution in [3.05, 3.63) is 66.2 Å². The Kier molecular flexibility index (Phi) is 11.5. The summed E-state index contributed by atoms with van der Waals surface area (Å²) in [6.07, 6.45) is 5.12. The molecule has 0 saturated heterocycles. The standard InChI is InChI=1S/C37H50N4O5/c1-25-21-41(26(2)24-42)36(43)32-20-30(38-37(44)39-33-14-9-12-29-11-5-6-13-31(29)33)17-18-34(32)46-27(3)10-7-8-19-45-35(25)23-40(4)22-28-15-16-28/h5-6,9,11-14,17-18,20,25-28,35,42H,7-8,10,15-16,19,21-24H2,1-4H3,(H2,38,39,44)/t25-,26+,27-,35-/m0/s1. The van der Waals surface area contributed by atoms with Crippen molar-refractivity contribution >= 4 is 34.1 Å². The van der Waals surface area contributed by atoms with Gasteiger partial charge in [-0.25, -0.2) is 4.79 Å². The van der Waals surface area contributed by atoms with E-state index in [9.17, 15) is 14.7 Å². The lowest BCUT2D eigenvalue weighted by Gasteiger charge is -2.36. The van der Waals surface area contributed by atoms with E-state index in [1.165, 1.54) is 12.8 Å². The average molecular weight is 631 g/mol. The molecule has 1 aliphatic carbocycles. The van der Waals surface area contributed by atoms with Gasteiger partial charge in [-0.1, -0.05) is 43.3 Å². The number of carbonyl (C=O) groups excluding carboxylic acids is 2. The highest BCUT2D eigenvalue weighted by Crippen LogP contribution is 2.31. The number of nitrogens with zero attached hydrogens (tertiary/aromatic N) is 2. The molecule has 3 amide bonds. The molecular weight excluding hydrogens is 580 g/mol. The van der Waals surface area contributed by atoms with Gasteiger partial charge in [0, 0.05) is 43.2 Å². The van der Waals surface area contributed by atoms with Crippen LogP contribution in [-0.2, 0) is 4.74 Å². The summed E-state index contributed by atoms with van der Waals surface area (Å²) in [4.78, 5) is 31.6. The third-order valence-electron chi connectivity index (χ3n) is 9.11. The number of ether oxygens (including phenoxy) is 2. The number of hydrogen-bond acceptors (Lipinski definition) is 6. The number of fused-ring (bicyclic) bond motifs is 2. The van der Waals surface area contributed by atoms with Gasteiger partial charge in [0.05, 0.1) is 36.1 Å². The van der Waals surface area contributed by atoms with E-state index in [-0.39, 0.29) is 30.6 Å². The van der Waals surface area contributed by atoms with Crippen LogP contribution in [0.4, 0.5) is 16.2 Å². The molecule has 248 valence electrons. The summed E-state index contributed by atoms with van der Waals surface area (Å²) in [5.74, 6) is 1.02. The summed E-state index contributed by atoms with van der Waals surface area (Å²) in [6.45, 7) is 8.75. The van der Waals surface area contributed by atoms with Crippen molar-refractivity contribution in [1.82, 2.24) is 9.80 Å². The Labute approximate surface area is 273 Å². The Morgan fingerprint density at radius 2 is 1.80 bits per heavy atom. The van der Waals surface area contributed by atoms with Gasteiger partial charge in [0.25, 0.3) is 5.91 Å². The van der Waals surface area contributed by atoms with Crippen LogP contribution in [0.5, 0.6) is 5.75 Å². The molecular formula is C37H50N4O5. The Morgan fingerprint density at radius 3 is 2.59 bits per heavy atom. The molecule has 2 aliphatic rings. The fourth-order valence-corrected chi connectivity index (χ4v) is 6.20. The zero-order valence-corrected chi connectivity index (χ0v) is 27.7. The number of hydrogen-bond donors (Lipinski definition) is 3. The lowest BCUT2D eigenvalue weighted by Crippen LogP contribution is -2.47. The van der Waals surface area contributed by atoms with Gasteiger partial charge < -0.3 is 35.0 Å². The second-order valence-electron chi connectivity index (χ2n) is 13.3. The van der Waals surface area contributed by atoms with Crippen LogP contribution in [0.25, 0.3) is 10.8 Å². The largest absolute Gasteiger partial charge is 0.490 e. The maximum Gasteiger partial charge on any atom is 0.323 e. The summed E-state index contributed by atoms with van der Waals surface area (Å²) in [5.41, 5.74) is 1.51. The molecule has 0 radical (unpaired) electrons. The van der Waals surface area contributed by atoms with Crippen LogP contribution in [0.2, 0.25) is 0 Å². The first-order valence-corrected chi connectivity index (χ1v) is 16.8. The average Bonchev–Trinajstić information content (AvgIpc) is 3.86. The number of amides is 3. The van der Waals surface area contributed by atoms with E-state index < -0.39 is 12.1 Å². The maximum absolute atomic E-state index is 14.4. The number of aliphatic hydroxyl groups excluding tert-OH is 1. The van der Waals surface area contributed by atoms with Crippen LogP contribution in [0.1, 0.15) is 63.2 Å². The maximum atomic E-state index is 14.4. The van der Waals surface area contributed by atoms with Gasteiger partial charge in [0.1, 0.15) is 5.75 Å². The number of nitrogens with one attached hydrogen (secondary N) is 2. The lowest BCUT2D eigenvalue weighted by atomic mass is 10.0. The van der Waals surface area contributed by atoms with Gasteiger partial charge in [-0.05, 0) is 88.6 Å².